The number of nitrogens with one attached hydrogen (secondary N) is 1. The van der Waals surface area contributed by atoms with Gasteiger partial charge in [-0.05, 0) is 42.2 Å². The Hall–Kier alpha value is -1.32. The van der Waals surface area contributed by atoms with E-state index in [1.54, 1.807) is 0 Å². The second-order valence-corrected chi connectivity index (χ2v) is 7.11. The lowest BCUT2D eigenvalue weighted by molar-refractivity contribution is 0.0829. The van der Waals surface area contributed by atoms with Crippen molar-refractivity contribution in [2.24, 2.45) is 5.92 Å². The molecular weight excluding hydrogens is 338 g/mol. The van der Waals surface area contributed by atoms with Crippen LogP contribution in [0.4, 0.5) is 5.69 Å². The lowest BCUT2D eigenvalue weighted by atomic mass is 9.80. The highest BCUT2D eigenvalue weighted by Crippen LogP contribution is 2.50. The Morgan fingerprint density at radius 3 is 2.77 bits per heavy atom. The molecule has 0 unspecified atom stereocenters. The molecule has 2 aromatic rings. The molecule has 22 heavy (non-hydrogen) atoms. The van der Waals surface area contributed by atoms with Crippen molar-refractivity contribution in [1.82, 2.24) is 0 Å². The summed E-state index contributed by atoms with van der Waals surface area (Å²) in [5.74, 6) is 0.515. The first-order chi connectivity index (χ1) is 10.8. The van der Waals surface area contributed by atoms with E-state index in [-0.39, 0.29) is 6.10 Å². The summed E-state index contributed by atoms with van der Waals surface area (Å²) in [7, 11) is 0. The third-order valence-electron chi connectivity index (χ3n) is 4.94. The van der Waals surface area contributed by atoms with Gasteiger partial charge in [0.1, 0.15) is 0 Å². The predicted octanol–water partition coefficient (Wildman–Crippen LogP) is 5.26. The zero-order valence-electron chi connectivity index (χ0n) is 12.7. The fourth-order valence-electron chi connectivity index (χ4n) is 3.74. The van der Waals surface area contributed by atoms with Gasteiger partial charge in [0.25, 0.3) is 0 Å². The summed E-state index contributed by atoms with van der Waals surface area (Å²) in [6.45, 7) is 3.06. The number of hydrogen-bond donors (Lipinski definition) is 1. The SMILES string of the molecule is CCc1ccc2c(c1)[C@H]1OCC[C@H]1[C@@H](c1ccc(Br)cc1)N2. The van der Waals surface area contributed by atoms with Gasteiger partial charge in [0.05, 0.1) is 12.1 Å². The second kappa shape index (κ2) is 5.71. The lowest BCUT2D eigenvalue weighted by Gasteiger charge is -2.36. The van der Waals surface area contributed by atoms with Crippen LogP contribution in [0.2, 0.25) is 0 Å². The summed E-state index contributed by atoms with van der Waals surface area (Å²) in [5.41, 5.74) is 5.30. The van der Waals surface area contributed by atoms with Gasteiger partial charge in [0.15, 0.2) is 0 Å². The molecule has 1 N–H and O–H groups in total. The van der Waals surface area contributed by atoms with Crippen LogP contribution in [0.1, 0.15) is 42.2 Å². The first-order valence-electron chi connectivity index (χ1n) is 8.02. The number of ether oxygens (including phenoxy) is 1. The van der Waals surface area contributed by atoms with E-state index in [4.69, 9.17) is 4.74 Å². The van der Waals surface area contributed by atoms with Crippen molar-refractivity contribution in [3.05, 3.63) is 63.6 Å². The Bertz CT molecular complexity index is 682. The van der Waals surface area contributed by atoms with Gasteiger partial charge >= 0.3 is 0 Å². The molecular formula is C19H20BrNO. The molecule has 0 saturated carbocycles. The molecule has 0 aromatic heterocycles. The van der Waals surface area contributed by atoms with E-state index in [0.717, 1.165) is 23.9 Å². The zero-order valence-corrected chi connectivity index (χ0v) is 14.3. The van der Waals surface area contributed by atoms with Crippen molar-refractivity contribution in [3.8, 4) is 0 Å². The van der Waals surface area contributed by atoms with E-state index in [0.29, 0.717) is 12.0 Å². The van der Waals surface area contributed by atoms with Gasteiger partial charge in [-0.25, -0.2) is 0 Å². The van der Waals surface area contributed by atoms with Gasteiger partial charge < -0.3 is 10.1 Å². The van der Waals surface area contributed by atoms with Crippen molar-refractivity contribution >= 4 is 21.6 Å². The quantitative estimate of drug-likeness (QED) is 0.791. The monoisotopic (exact) mass is 357 g/mol. The highest BCUT2D eigenvalue weighted by atomic mass is 79.9. The fraction of sp³-hybridized carbons (Fsp3) is 0.368. The maximum Gasteiger partial charge on any atom is 0.0896 e. The molecule has 4 rings (SSSR count). The Morgan fingerprint density at radius 2 is 2.00 bits per heavy atom. The summed E-state index contributed by atoms with van der Waals surface area (Å²) in [5, 5.41) is 3.76. The van der Waals surface area contributed by atoms with Crippen LogP contribution in [-0.2, 0) is 11.2 Å². The summed E-state index contributed by atoms with van der Waals surface area (Å²) in [6.07, 6.45) is 2.42. The smallest absolute Gasteiger partial charge is 0.0896 e. The molecule has 2 aliphatic rings. The fourth-order valence-corrected chi connectivity index (χ4v) is 4.01. The minimum Gasteiger partial charge on any atom is -0.378 e. The van der Waals surface area contributed by atoms with Gasteiger partial charge in [-0.1, -0.05) is 47.1 Å². The van der Waals surface area contributed by atoms with E-state index in [1.807, 2.05) is 0 Å². The minimum atomic E-state index is 0.233. The van der Waals surface area contributed by atoms with E-state index < -0.39 is 0 Å². The Labute approximate surface area is 140 Å². The zero-order chi connectivity index (χ0) is 15.1. The van der Waals surface area contributed by atoms with Crippen LogP contribution in [0.5, 0.6) is 0 Å². The highest BCUT2D eigenvalue weighted by molar-refractivity contribution is 9.10. The van der Waals surface area contributed by atoms with Crippen LogP contribution >= 0.6 is 15.9 Å². The third-order valence-corrected chi connectivity index (χ3v) is 5.47. The number of fused-ring (bicyclic) bond motifs is 3. The number of anilines is 1. The molecule has 0 amide bonds. The minimum absolute atomic E-state index is 0.233. The van der Waals surface area contributed by atoms with Gasteiger partial charge in [0.2, 0.25) is 0 Å². The van der Waals surface area contributed by atoms with E-state index in [1.165, 1.54) is 22.4 Å². The number of rotatable bonds is 2. The standard InChI is InChI=1S/C19H20BrNO/c1-2-12-3-8-17-16(11-12)19-15(9-10-22-19)18(21-17)13-4-6-14(20)7-5-13/h3-8,11,15,18-19,21H,2,9-10H2,1H3/t15-,18+,19-/m0/s1. The molecule has 0 aliphatic carbocycles. The maximum atomic E-state index is 6.11. The van der Waals surface area contributed by atoms with Crippen molar-refractivity contribution in [3.63, 3.8) is 0 Å². The normalized spacial score (nSPS) is 26.2. The molecule has 2 heterocycles. The van der Waals surface area contributed by atoms with E-state index in [9.17, 15) is 0 Å². The van der Waals surface area contributed by atoms with Gasteiger partial charge in [-0.2, -0.15) is 0 Å². The first-order valence-corrected chi connectivity index (χ1v) is 8.82. The molecule has 2 aromatic carbocycles. The van der Waals surface area contributed by atoms with Crippen molar-refractivity contribution in [2.75, 3.05) is 11.9 Å². The van der Waals surface area contributed by atoms with Crippen molar-refractivity contribution in [2.45, 2.75) is 31.9 Å². The third kappa shape index (κ3) is 2.37. The highest BCUT2D eigenvalue weighted by Gasteiger charge is 2.41. The average Bonchev–Trinajstić information content (AvgIpc) is 3.04. The maximum absolute atomic E-state index is 6.11. The number of benzene rings is 2. The summed E-state index contributed by atoms with van der Waals surface area (Å²) < 4.78 is 7.23. The molecule has 114 valence electrons. The molecule has 1 fully saturated rings. The molecule has 0 radical (unpaired) electrons. The van der Waals surface area contributed by atoms with Crippen LogP contribution in [-0.4, -0.2) is 6.61 Å². The largest absolute Gasteiger partial charge is 0.378 e. The molecule has 0 spiro atoms. The summed E-state index contributed by atoms with van der Waals surface area (Å²) in [4.78, 5) is 0. The molecule has 0 bridgehead atoms. The number of halogens is 1. The molecule has 2 aliphatic heterocycles. The van der Waals surface area contributed by atoms with Crippen LogP contribution in [0.3, 0.4) is 0 Å². The van der Waals surface area contributed by atoms with Gasteiger partial charge in [0, 0.05) is 28.2 Å². The predicted molar refractivity (Wildman–Crippen MR) is 93.1 cm³/mol. The lowest BCUT2D eigenvalue weighted by Crippen LogP contribution is -2.29. The number of aryl methyl sites for hydroxylation is 1. The van der Waals surface area contributed by atoms with Gasteiger partial charge in [-0.3, -0.25) is 0 Å². The Kier molecular flexibility index (Phi) is 3.71. The van der Waals surface area contributed by atoms with Crippen molar-refractivity contribution in [1.29, 1.82) is 0 Å². The van der Waals surface area contributed by atoms with Crippen LogP contribution in [0, 0.1) is 5.92 Å². The van der Waals surface area contributed by atoms with Crippen LogP contribution in [0.25, 0.3) is 0 Å². The van der Waals surface area contributed by atoms with Crippen LogP contribution in [0.15, 0.2) is 46.9 Å². The molecule has 1 saturated heterocycles. The Morgan fingerprint density at radius 1 is 1.18 bits per heavy atom. The first kappa shape index (κ1) is 14.3. The van der Waals surface area contributed by atoms with E-state index in [2.05, 4.69) is 70.6 Å². The molecule has 2 nitrogen and oxygen atoms in total. The van der Waals surface area contributed by atoms with Crippen LogP contribution < -0.4 is 5.32 Å². The average molecular weight is 358 g/mol. The van der Waals surface area contributed by atoms with Crippen molar-refractivity contribution < 1.29 is 4.74 Å². The topological polar surface area (TPSA) is 21.3 Å². The summed E-state index contributed by atoms with van der Waals surface area (Å²) in [6, 6.07) is 15.8. The van der Waals surface area contributed by atoms with Gasteiger partial charge in [-0.15, -0.1) is 0 Å². The molecule has 3 heteroatoms. The number of hydrogen-bond acceptors (Lipinski definition) is 2. The second-order valence-electron chi connectivity index (χ2n) is 6.19. The summed E-state index contributed by atoms with van der Waals surface area (Å²) >= 11 is 3.52. The Balaban J connectivity index is 1.75. The van der Waals surface area contributed by atoms with E-state index >= 15 is 0 Å². The molecule has 3 atom stereocenters.